The van der Waals surface area contributed by atoms with Crippen molar-refractivity contribution >= 4 is 11.3 Å². The molecule has 1 atom stereocenters. The molecule has 0 aliphatic carbocycles. The number of hydrogen-bond acceptors (Lipinski definition) is 4. The van der Waals surface area contributed by atoms with Gasteiger partial charge < -0.3 is 4.74 Å². The molecule has 1 aliphatic heterocycles. The van der Waals surface area contributed by atoms with Gasteiger partial charge in [0.05, 0.1) is 6.61 Å². The standard InChI is InChI=1S/C16H20N2OS/c1-19-12-14-8-5-9-18(14)11-15-10-17-16(20-15)13-6-3-2-4-7-13/h2-4,6-7,10,14H,5,8-9,11-12H2,1H3/t14-/m1/s1. The molecule has 3 nitrogen and oxygen atoms in total. The number of rotatable bonds is 5. The van der Waals surface area contributed by atoms with Gasteiger partial charge >= 0.3 is 0 Å². The third-order valence-electron chi connectivity index (χ3n) is 3.79. The SMILES string of the molecule is COC[C@H]1CCCN1Cc1cnc(-c2ccccc2)s1. The van der Waals surface area contributed by atoms with Gasteiger partial charge in [-0.05, 0) is 19.4 Å². The van der Waals surface area contributed by atoms with Crippen LogP contribution >= 0.6 is 11.3 Å². The first-order chi connectivity index (χ1) is 9.86. The van der Waals surface area contributed by atoms with Crippen LogP contribution < -0.4 is 0 Å². The molecular formula is C16H20N2OS. The van der Waals surface area contributed by atoms with E-state index in [1.807, 2.05) is 12.3 Å². The molecule has 106 valence electrons. The van der Waals surface area contributed by atoms with Crippen LogP contribution in [0.4, 0.5) is 0 Å². The van der Waals surface area contributed by atoms with E-state index in [1.165, 1.54) is 29.8 Å². The van der Waals surface area contributed by atoms with E-state index in [0.29, 0.717) is 6.04 Å². The minimum Gasteiger partial charge on any atom is -0.383 e. The number of methoxy groups -OCH3 is 1. The Morgan fingerprint density at radius 1 is 1.35 bits per heavy atom. The first kappa shape index (κ1) is 13.7. The van der Waals surface area contributed by atoms with Gasteiger partial charge in [-0.3, -0.25) is 4.90 Å². The van der Waals surface area contributed by atoms with Gasteiger partial charge in [0.1, 0.15) is 5.01 Å². The lowest BCUT2D eigenvalue weighted by molar-refractivity contribution is 0.112. The molecule has 0 radical (unpaired) electrons. The van der Waals surface area contributed by atoms with Crippen molar-refractivity contribution in [2.45, 2.75) is 25.4 Å². The molecule has 2 aromatic rings. The predicted octanol–water partition coefficient (Wildman–Crippen LogP) is 3.42. The summed E-state index contributed by atoms with van der Waals surface area (Å²) in [6, 6.07) is 11.0. The van der Waals surface area contributed by atoms with E-state index in [2.05, 4.69) is 34.1 Å². The molecule has 0 unspecified atom stereocenters. The van der Waals surface area contributed by atoms with Gasteiger partial charge in [-0.1, -0.05) is 30.3 Å². The Labute approximate surface area is 124 Å². The smallest absolute Gasteiger partial charge is 0.123 e. The Morgan fingerprint density at radius 2 is 2.20 bits per heavy atom. The highest BCUT2D eigenvalue weighted by molar-refractivity contribution is 7.15. The monoisotopic (exact) mass is 288 g/mol. The maximum atomic E-state index is 5.31. The van der Waals surface area contributed by atoms with Gasteiger partial charge in [0.15, 0.2) is 0 Å². The van der Waals surface area contributed by atoms with E-state index < -0.39 is 0 Å². The molecular weight excluding hydrogens is 268 g/mol. The van der Waals surface area contributed by atoms with Crippen molar-refractivity contribution in [3.05, 3.63) is 41.4 Å². The lowest BCUT2D eigenvalue weighted by Gasteiger charge is -2.22. The van der Waals surface area contributed by atoms with Crippen molar-refractivity contribution < 1.29 is 4.74 Å². The highest BCUT2D eigenvalue weighted by atomic mass is 32.1. The number of thiazole rings is 1. The number of hydrogen-bond donors (Lipinski definition) is 0. The maximum Gasteiger partial charge on any atom is 0.123 e. The molecule has 1 fully saturated rings. The van der Waals surface area contributed by atoms with Crippen molar-refractivity contribution in [3.63, 3.8) is 0 Å². The summed E-state index contributed by atoms with van der Waals surface area (Å²) in [5.41, 5.74) is 1.21. The lowest BCUT2D eigenvalue weighted by Crippen LogP contribution is -2.32. The van der Waals surface area contributed by atoms with Gasteiger partial charge in [0.2, 0.25) is 0 Å². The molecule has 0 saturated carbocycles. The van der Waals surface area contributed by atoms with Crippen molar-refractivity contribution in [1.82, 2.24) is 9.88 Å². The van der Waals surface area contributed by atoms with Crippen LogP contribution in [0.3, 0.4) is 0 Å². The Morgan fingerprint density at radius 3 is 3.00 bits per heavy atom. The number of nitrogens with zero attached hydrogens (tertiary/aromatic N) is 2. The summed E-state index contributed by atoms with van der Waals surface area (Å²) in [5.74, 6) is 0. The van der Waals surface area contributed by atoms with Crippen LogP contribution in [0.25, 0.3) is 10.6 Å². The summed E-state index contributed by atoms with van der Waals surface area (Å²) in [7, 11) is 1.79. The van der Waals surface area contributed by atoms with Gasteiger partial charge in [-0.15, -0.1) is 11.3 Å². The fourth-order valence-electron chi connectivity index (χ4n) is 2.78. The van der Waals surface area contributed by atoms with E-state index >= 15 is 0 Å². The largest absolute Gasteiger partial charge is 0.383 e. The molecule has 4 heteroatoms. The van der Waals surface area contributed by atoms with Crippen LogP contribution in [0.1, 0.15) is 17.7 Å². The molecule has 3 rings (SSSR count). The second-order valence-corrected chi connectivity index (χ2v) is 6.33. The molecule has 1 aliphatic rings. The lowest BCUT2D eigenvalue weighted by atomic mass is 10.2. The molecule has 0 bridgehead atoms. The third-order valence-corrected chi connectivity index (χ3v) is 4.82. The summed E-state index contributed by atoms with van der Waals surface area (Å²) in [4.78, 5) is 8.42. The molecule has 1 aromatic carbocycles. The van der Waals surface area contributed by atoms with Gasteiger partial charge in [-0.25, -0.2) is 4.98 Å². The average Bonchev–Trinajstić information content (AvgIpc) is 3.11. The van der Waals surface area contributed by atoms with Crippen molar-refractivity contribution in [1.29, 1.82) is 0 Å². The van der Waals surface area contributed by atoms with E-state index in [4.69, 9.17) is 4.74 Å². The van der Waals surface area contributed by atoms with E-state index in [0.717, 1.165) is 18.2 Å². The predicted molar refractivity (Wildman–Crippen MR) is 82.9 cm³/mol. The summed E-state index contributed by atoms with van der Waals surface area (Å²) in [6.07, 6.45) is 4.55. The van der Waals surface area contributed by atoms with Crippen molar-refractivity contribution in [2.24, 2.45) is 0 Å². The van der Waals surface area contributed by atoms with E-state index in [9.17, 15) is 0 Å². The van der Waals surface area contributed by atoms with Gasteiger partial charge in [0.25, 0.3) is 0 Å². The molecule has 0 N–H and O–H groups in total. The van der Waals surface area contributed by atoms with Crippen molar-refractivity contribution in [2.75, 3.05) is 20.3 Å². The number of aromatic nitrogens is 1. The third kappa shape index (κ3) is 3.08. The van der Waals surface area contributed by atoms with E-state index in [-0.39, 0.29) is 0 Å². The van der Waals surface area contributed by atoms with Gasteiger partial charge in [-0.2, -0.15) is 0 Å². The molecule has 1 aromatic heterocycles. The quantitative estimate of drug-likeness (QED) is 0.843. The first-order valence-electron chi connectivity index (χ1n) is 7.10. The number of ether oxygens (including phenoxy) is 1. The Bertz CT molecular complexity index is 540. The topological polar surface area (TPSA) is 25.4 Å². The van der Waals surface area contributed by atoms with Gasteiger partial charge in [0, 0.05) is 36.3 Å². The first-order valence-corrected chi connectivity index (χ1v) is 7.91. The number of benzene rings is 1. The van der Waals surface area contributed by atoms with Crippen LogP contribution in [-0.4, -0.2) is 36.2 Å². The molecule has 2 heterocycles. The highest BCUT2D eigenvalue weighted by Gasteiger charge is 2.24. The fraction of sp³-hybridized carbons (Fsp3) is 0.438. The zero-order valence-corrected chi connectivity index (χ0v) is 12.6. The normalized spacial score (nSPS) is 19.6. The Kier molecular flexibility index (Phi) is 4.45. The summed E-state index contributed by atoms with van der Waals surface area (Å²) < 4.78 is 5.31. The van der Waals surface area contributed by atoms with Crippen LogP contribution in [0.2, 0.25) is 0 Å². The molecule has 20 heavy (non-hydrogen) atoms. The maximum absolute atomic E-state index is 5.31. The van der Waals surface area contributed by atoms with E-state index in [1.54, 1.807) is 18.4 Å². The highest BCUT2D eigenvalue weighted by Crippen LogP contribution is 2.27. The summed E-state index contributed by atoms with van der Waals surface area (Å²) in [6.45, 7) is 3.01. The summed E-state index contributed by atoms with van der Waals surface area (Å²) >= 11 is 1.80. The minimum absolute atomic E-state index is 0.572. The second kappa shape index (κ2) is 6.48. The number of likely N-dealkylation sites (tertiary alicyclic amines) is 1. The van der Waals surface area contributed by atoms with Crippen LogP contribution in [0.5, 0.6) is 0 Å². The molecule has 1 saturated heterocycles. The average molecular weight is 288 g/mol. The zero-order chi connectivity index (χ0) is 13.8. The van der Waals surface area contributed by atoms with Crippen LogP contribution in [0.15, 0.2) is 36.5 Å². The Balaban J connectivity index is 1.68. The molecule has 0 spiro atoms. The van der Waals surface area contributed by atoms with Crippen molar-refractivity contribution in [3.8, 4) is 10.6 Å². The minimum atomic E-state index is 0.572. The zero-order valence-electron chi connectivity index (χ0n) is 11.8. The summed E-state index contributed by atoms with van der Waals surface area (Å²) in [5, 5.41) is 1.11. The molecule has 0 amide bonds. The van der Waals surface area contributed by atoms with Crippen LogP contribution in [-0.2, 0) is 11.3 Å². The fourth-order valence-corrected chi connectivity index (χ4v) is 3.72. The van der Waals surface area contributed by atoms with Crippen LogP contribution in [0, 0.1) is 0 Å². The Hall–Kier alpha value is -1.23. The second-order valence-electron chi connectivity index (χ2n) is 5.22.